The SMILES string of the molecule is COc1cc(NC(=O)C2=C3C=CC=C3C=C2)ncn1. The van der Waals surface area contributed by atoms with Gasteiger partial charge in [0.15, 0.2) is 0 Å². The number of rotatable bonds is 3. The highest BCUT2D eigenvalue weighted by Gasteiger charge is 2.20. The average molecular weight is 253 g/mol. The Labute approximate surface area is 110 Å². The molecular weight excluding hydrogens is 242 g/mol. The standard InChI is InChI=1S/C14H11N3O2/c1-19-13-7-12(15-8-16-13)17-14(18)11-6-5-9-3-2-4-10(9)11/h2-8H,1H3,(H,15,16,17,18). The summed E-state index contributed by atoms with van der Waals surface area (Å²) in [6.45, 7) is 0. The summed E-state index contributed by atoms with van der Waals surface area (Å²) >= 11 is 0. The summed E-state index contributed by atoms with van der Waals surface area (Å²) in [5, 5.41) is 2.73. The number of ether oxygens (including phenoxy) is 1. The summed E-state index contributed by atoms with van der Waals surface area (Å²) in [4.78, 5) is 20.0. The Morgan fingerprint density at radius 2 is 2.16 bits per heavy atom. The first-order chi connectivity index (χ1) is 9.28. The number of methoxy groups -OCH3 is 1. The number of allylic oxidation sites excluding steroid dienone is 6. The van der Waals surface area contributed by atoms with E-state index < -0.39 is 0 Å². The number of aromatic nitrogens is 2. The van der Waals surface area contributed by atoms with Gasteiger partial charge in [-0.05, 0) is 17.2 Å². The van der Waals surface area contributed by atoms with E-state index in [0.717, 1.165) is 11.1 Å². The molecule has 5 heteroatoms. The van der Waals surface area contributed by atoms with Crippen molar-refractivity contribution in [2.24, 2.45) is 0 Å². The molecule has 0 aliphatic heterocycles. The van der Waals surface area contributed by atoms with Crippen LogP contribution in [0.5, 0.6) is 5.88 Å². The van der Waals surface area contributed by atoms with E-state index in [1.54, 1.807) is 12.1 Å². The fraction of sp³-hybridized carbons (Fsp3) is 0.0714. The van der Waals surface area contributed by atoms with E-state index in [1.165, 1.54) is 13.4 Å². The van der Waals surface area contributed by atoms with Gasteiger partial charge < -0.3 is 10.1 Å². The van der Waals surface area contributed by atoms with Crippen LogP contribution in [0.2, 0.25) is 0 Å². The normalized spacial score (nSPS) is 15.5. The number of fused-ring (bicyclic) bond motifs is 1. The topological polar surface area (TPSA) is 64.1 Å². The van der Waals surface area contributed by atoms with Crippen LogP contribution < -0.4 is 10.1 Å². The first-order valence-corrected chi connectivity index (χ1v) is 5.76. The molecular formula is C14H11N3O2. The van der Waals surface area contributed by atoms with Gasteiger partial charge in [0.05, 0.1) is 7.11 Å². The van der Waals surface area contributed by atoms with Gasteiger partial charge in [0, 0.05) is 11.6 Å². The monoisotopic (exact) mass is 253 g/mol. The van der Waals surface area contributed by atoms with E-state index in [2.05, 4.69) is 15.3 Å². The number of carbonyl (C=O) groups excluding carboxylic acids is 1. The lowest BCUT2D eigenvalue weighted by atomic mass is 10.1. The third-order valence-electron chi connectivity index (χ3n) is 2.91. The van der Waals surface area contributed by atoms with Gasteiger partial charge in [-0.1, -0.05) is 24.3 Å². The summed E-state index contributed by atoms with van der Waals surface area (Å²) in [6.07, 6.45) is 10.9. The first-order valence-electron chi connectivity index (χ1n) is 5.76. The minimum absolute atomic E-state index is 0.193. The van der Waals surface area contributed by atoms with Crippen LogP contribution in [0.4, 0.5) is 5.82 Å². The molecule has 3 rings (SSSR count). The highest BCUT2D eigenvalue weighted by molar-refractivity contribution is 6.08. The predicted molar refractivity (Wildman–Crippen MR) is 70.6 cm³/mol. The molecule has 5 nitrogen and oxygen atoms in total. The molecule has 0 radical (unpaired) electrons. The number of carbonyl (C=O) groups is 1. The number of hydrogen-bond acceptors (Lipinski definition) is 4. The molecule has 0 bridgehead atoms. The first kappa shape index (κ1) is 11.4. The average Bonchev–Trinajstić information content (AvgIpc) is 3.01. The molecule has 0 fully saturated rings. The van der Waals surface area contributed by atoms with Crippen LogP contribution in [-0.2, 0) is 4.79 Å². The van der Waals surface area contributed by atoms with Gasteiger partial charge >= 0.3 is 0 Å². The highest BCUT2D eigenvalue weighted by Crippen LogP contribution is 2.30. The van der Waals surface area contributed by atoms with Crippen molar-refractivity contribution in [2.45, 2.75) is 0 Å². The van der Waals surface area contributed by atoms with E-state index in [4.69, 9.17) is 4.74 Å². The third-order valence-corrected chi connectivity index (χ3v) is 2.91. The minimum atomic E-state index is -0.193. The summed E-state index contributed by atoms with van der Waals surface area (Å²) in [5.74, 6) is 0.631. The Kier molecular flexibility index (Phi) is 2.72. The van der Waals surface area contributed by atoms with Crippen molar-refractivity contribution in [3.8, 4) is 5.88 Å². The van der Waals surface area contributed by atoms with Gasteiger partial charge in [-0.15, -0.1) is 0 Å². The zero-order valence-corrected chi connectivity index (χ0v) is 10.3. The second-order valence-corrected chi connectivity index (χ2v) is 4.04. The fourth-order valence-electron chi connectivity index (χ4n) is 1.99. The van der Waals surface area contributed by atoms with Gasteiger partial charge in [0.2, 0.25) is 5.88 Å². The Morgan fingerprint density at radius 1 is 1.26 bits per heavy atom. The number of nitrogens with zero attached hydrogens (tertiary/aromatic N) is 2. The molecule has 19 heavy (non-hydrogen) atoms. The van der Waals surface area contributed by atoms with Gasteiger partial charge in [-0.25, -0.2) is 9.97 Å². The van der Waals surface area contributed by atoms with Crippen molar-refractivity contribution < 1.29 is 9.53 Å². The zero-order chi connectivity index (χ0) is 13.2. The second kappa shape index (κ2) is 4.53. The summed E-state index contributed by atoms with van der Waals surface area (Å²) in [7, 11) is 1.51. The van der Waals surface area contributed by atoms with E-state index >= 15 is 0 Å². The maximum Gasteiger partial charge on any atom is 0.257 e. The number of amides is 1. The number of nitrogens with one attached hydrogen (secondary N) is 1. The summed E-state index contributed by atoms with van der Waals surface area (Å²) in [6, 6.07) is 1.57. The lowest BCUT2D eigenvalue weighted by molar-refractivity contribution is -0.112. The van der Waals surface area contributed by atoms with Crippen LogP contribution in [-0.4, -0.2) is 23.0 Å². The molecule has 1 aromatic rings. The van der Waals surface area contributed by atoms with Crippen molar-refractivity contribution >= 4 is 11.7 Å². The molecule has 94 valence electrons. The summed E-state index contributed by atoms with van der Waals surface area (Å²) in [5.41, 5.74) is 2.64. The van der Waals surface area contributed by atoms with Crippen molar-refractivity contribution in [1.29, 1.82) is 0 Å². The number of hydrogen-bond donors (Lipinski definition) is 1. The lowest BCUT2D eigenvalue weighted by Gasteiger charge is -2.06. The largest absolute Gasteiger partial charge is 0.481 e. The smallest absolute Gasteiger partial charge is 0.257 e. The van der Waals surface area contributed by atoms with E-state index in [9.17, 15) is 4.79 Å². The minimum Gasteiger partial charge on any atom is -0.481 e. The van der Waals surface area contributed by atoms with E-state index in [-0.39, 0.29) is 5.91 Å². The van der Waals surface area contributed by atoms with Crippen molar-refractivity contribution in [1.82, 2.24) is 9.97 Å². The predicted octanol–water partition coefficient (Wildman–Crippen LogP) is 1.79. The molecule has 0 unspecified atom stereocenters. The van der Waals surface area contributed by atoms with Crippen molar-refractivity contribution in [3.63, 3.8) is 0 Å². The van der Waals surface area contributed by atoms with Crippen molar-refractivity contribution in [2.75, 3.05) is 12.4 Å². The highest BCUT2D eigenvalue weighted by atomic mass is 16.5. The van der Waals surface area contributed by atoms with E-state index in [0.29, 0.717) is 17.3 Å². The molecule has 1 N–H and O–H groups in total. The van der Waals surface area contributed by atoms with Crippen LogP contribution in [0.25, 0.3) is 0 Å². The maximum atomic E-state index is 12.2. The molecule has 2 aliphatic rings. The summed E-state index contributed by atoms with van der Waals surface area (Å²) < 4.78 is 4.98. The molecule has 1 aromatic heterocycles. The quantitative estimate of drug-likeness (QED) is 0.891. The zero-order valence-electron chi connectivity index (χ0n) is 10.3. The van der Waals surface area contributed by atoms with Crippen molar-refractivity contribution in [3.05, 3.63) is 59.5 Å². The Morgan fingerprint density at radius 3 is 3.00 bits per heavy atom. The van der Waals surface area contributed by atoms with Gasteiger partial charge in [-0.3, -0.25) is 4.79 Å². The van der Waals surface area contributed by atoms with Gasteiger partial charge in [0.1, 0.15) is 12.1 Å². The molecule has 1 heterocycles. The molecule has 2 aliphatic carbocycles. The third kappa shape index (κ3) is 2.06. The fourth-order valence-corrected chi connectivity index (χ4v) is 1.99. The Balaban J connectivity index is 1.83. The molecule has 0 aromatic carbocycles. The number of anilines is 1. The van der Waals surface area contributed by atoms with E-state index in [1.807, 2.05) is 24.3 Å². The maximum absolute atomic E-state index is 12.2. The molecule has 0 saturated heterocycles. The van der Waals surface area contributed by atoms with Crippen LogP contribution in [0, 0.1) is 0 Å². The van der Waals surface area contributed by atoms with Crippen LogP contribution >= 0.6 is 0 Å². The molecule has 0 spiro atoms. The Hall–Kier alpha value is -2.69. The molecule has 1 amide bonds. The Bertz CT molecular complexity index is 669. The van der Waals surface area contributed by atoms with Crippen LogP contribution in [0.1, 0.15) is 0 Å². The van der Waals surface area contributed by atoms with Crippen LogP contribution in [0.15, 0.2) is 59.5 Å². The molecule has 0 saturated carbocycles. The van der Waals surface area contributed by atoms with Gasteiger partial charge in [-0.2, -0.15) is 0 Å². The van der Waals surface area contributed by atoms with Gasteiger partial charge in [0.25, 0.3) is 5.91 Å². The lowest BCUT2D eigenvalue weighted by Crippen LogP contribution is -2.14. The second-order valence-electron chi connectivity index (χ2n) is 4.04. The van der Waals surface area contributed by atoms with Crippen LogP contribution in [0.3, 0.4) is 0 Å². The molecule has 0 atom stereocenters.